The first kappa shape index (κ1) is 31.7. The third-order valence-electron chi connectivity index (χ3n) is 7.30. The van der Waals surface area contributed by atoms with Crippen molar-refractivity contribution in [2.75, 3.05) is 0 Å². The Morgan fingerprint density at radius 3 is 2.00 bits per heavy atom. The maximum atomic E-state index is 14.1. The monoisotopic (exact) mass is 618 g/mol. The van der Waals surface area contributed by atoms with Crippen molar-refractivity contribution in [3.63, 3.8) is 0 Å². The van der Waals surface area contributed by atoms with Gasteiger partial charge in [0.05, 0.1) is 11.7 Å². The van der Waals surface area contributed by atoms with Crippen LogP contribution in [0.5, 0.6) is 11.5 Å². The van der Waals surface area contributed by atoms with Gasteiger partial charge in [0.15, 0.2) is 42.6 Å². The van der Waals surface area contributed by atoms with Crippen molar-refractivity contribution >= 4 is 23.7 Å². The normalized spacial score (nSPS) is 25.7. The Hall–Kier alpha value is -4.74. The molecule has 3 aromatic carbocycles. The Morgan fingerprint density at radius 2 is 1.36 bits per heavy atom. The fourth-order valence-electron chi connectivity index (χ4n) is 5.37. The van der Waals surface area contributed by atoms with E-state index in [9.17, 15) is 19.2 Å². The van der Waals surface area contributed by atoms with E-state index in [0.717, 1.165) is 12.5 Å². The molecule has 11 heteroatoms. The van der Waals surface area contributed by atoms with Crippen molar-refractivity contribution in [3.05, 3.63) is 95.6 Å². The van der Waals surface area contributed by atoms with Crippen LogP contribution in [-0.2, 0) is 44.7 Å². The SMILES string of the molecule is CC(=O)O[C@@H]1[C@@H](OC(C)=O)[C@H](C)O[C@@H](O[C@H]2C(=O)c3ccc(OCc4ccccc4)cc3O[C@H]2c2ccccc2)[C@@H]1OC(C)=O. The number of Topliss-reactive ketones (excluding diaryl/α,β-unsaturated/α-hetero) is 1. The molecule has 0 amide bonds. The second kappa shape index (κ2) is 13.9. The smallest absolute Gasteiger partial charge is 0.303 e. The molecule has 2 heterocycles. The molecule has 2 aliphatic heterocycles. The summed E-state index contributed by atoms with van der Waals surface area (Å²) >= 11 is 0. The molecule has 0 aromatic heterocycles. The zero-order valence-electron chi connectivity index (χ0n) is 25.2. The predicted molar refractivity (Wildman–Crippen MR) is 157 cm³/mol. The van der Waals surface area contributed by atoms with E-state index < -0.39 is 66.6 Å². The topological polar surface area (TPSA) is 133 Å². The van der Waals surface area contributed by atoms with Gasteiger partial charge in [-0.05, 0) is 30.2 Å². The number of esters is 3. The number of hydrogen-bond acceptors (Lipinski definition) is 11. The van der Waals surface area contributed by atoms with Crippen LogP contribution in [0.3, 0.4) is 0 Å². The van der Waals surface area contributed by atoms with Gasteiger partial charge in [0, 0.05) is 26.8 Å². The van der Waals surface area contributed by atoms with Gasteiger partial charge in [-0.1, -0.05) is 60.7 Å². The van der Waals surface area contributed by atoms with E-state index >= 15 is 0 Å². The zero-order chi connectivity index (χ0) is 32.1. The van der Waals surface area contributed by atoms with Gasteiger partial charge >= 0.3 is 17.9 Å². The minimum Gasteiger partial charge on any atom is -0.489 e. The molecular formula is C34H34O11. The second-order valence-corrected chi connectivity index (χ2v) is 10.7. The van der Waals surface area contributed by atoms with Crippen molar-refractivity contribution in [3.8, 4) is 11.5 Å². The quantitative estimate of drug-likeness (QED) is 0.248. The summed E-state index contributed by atoms with van der Waals surface area (Å²) in [6.45, 7) is 5.44. The average molecular weight is 619 g/mol. The molecule has 11 nitrogen and oxygen atoms in total. The molecule has 45 heavy (non-hydrogen) atoms. The van der Waals surface area contributed by atoms with Crippen molar-refractivity contribution in [1.82, 2.24) is 0 Å². The van der Waals surface area contributed by atoms with Gasteiger partial charge in [0.25, 0.3) is 0 Å². The molecular weight excluding hydrogens is 584 g/mol. The van der Waals surface area contributed by atoms with E-state index in [4.69, 9.17) is 33.2 Å². The average Bonchev–Trinajstić information content (AvgIpc) is 3.01. The van der Waals surface area contributed by atoms with Gasteiger partial charge in [0.2, 0.25) is 0 Å². The number of ether oxygens (including phenoxy) is 7. The number of carbonyl (C=O) groups excluding carboxylic acids is 4. The molecule has 5 rings (SSSR count). The second-order valence-electron chi connectivity index (χ2n) is 10.7. The third-order valence-corrected chi connectivity index (χ3v) is 7.30. The highest BCUT2D eigenvalue weighted by molar-refractivity contribution is 6.03. The third kappa shape index (κ3) is 7.50. The highest BCUT2D eigenvalue weighted by Crippen LogP contribution is 2.40. The first-order chi connectivity index (χ1) is 21.6. The highest BCUT2D eigenvalue weighted by atomic mass is 16.7. The fourth-order valence-corrected chi connectivity index (χ4v) is 5.37. The molecule has 0 radical (unpaired) electrons. The molecule has 0 N–H and O–H groups in total. The highest BCUT2D eigenvalue weighted by Gasteiger charge is 2.53. The lowest BCUT2D eigenvalue weighted by Gasteiger charge is -2.45. The molecule has 1 fully saturated rings. The van der Waals surface area contributed by atoms with Crippen LogP contribution in [0.2, 0.25) is 0 Å². The minimum atomic E-state index is -1.40. The Balaban J connectivity index is 1.47. The van der Waals surface area contributed by atoms with Gasteiger partial charge in [-0.2, -0.15) is 0 Å². The summed E-state index contributed by atoms with van der Waals surface area (Å²) in [4.78, 5) is 50.3. The lowest BCUT2D eigenvalue weighted by Crippen LogP contribution is -2.62. The maximum Gasteiger partial charge on any atom is 0.303 e. The van der Waals surface area contributed by atoms with Crippen LogP contribution in [0.15, 0.2) is 78.9 Å². The van der Waals surface area contributed by atoms with Crippen LogP contribution in [0.25, 0.3) is 0 Å². The van der Waals surface area contributed by atoms with Gasteiger partial charge in [0.1, 0.15) is 18.1 Å². The van der Waals surface area contributed by atoms with Crippen LogP contribution in [-0.4, -0.2) is 60.5 Å². The Kier molecular flexibility index (Phi) is 9.80. The Bertz CT molecular complexity index is 1520. The molecule has 7 atom stereocenters. The predicted octanol–water partition coefficient (Wildman–Crippen LogP) is 4.51. The van der Waals surface area contributed by atoms with Crippen LogP contribution >= 0.6 is 0 Å². The van der Waals surface area contributed by atoms with Gasteiger partial charge in [-0.25, -0.2) is 0 Å². The minimum absolute atomic E-state index is 0.251. The molecule has 0 bridgehead atoms. The Labute approximate surface area is 260 Å². The zero-order valence-corrected chi connectivity index (χ0v) is 25.2. The van der Waals surface area contributed by atoms with E-state index in [1.165, 1.54) is 13.8 Å². The van der Waals surface area contributed by atoms with Crippen molar-refractivity contribution in [1.29, 1.82) is 0 Å². The van der Waals surface area contributed by atoms with Crippen molar-refractivity contribution in [2.24, 2.45) is 0 Å². The standard InChI is InChI=1S/C34H34O11/c1-19-29(41-20(2)35)32(42-21(3)36)33(43-22(4)37)34(40-19)45-31-28(38)26-16-15-25(39-18-23-11-7-5-8-12-23)17-27(26)44-30(31)24-13-9-6-10-14-24/h5-17,19,29-34H,18H2,1-4H3/t19-,29-,30-,31-,32+,33+,34-/m0/s1. The van der Waals surface area contributed by atoms with Crippen molar-refractivity contribution in [2.45, 2.75) is 77.2 Å². The largest absolute Gasteiger partial charge is 0.489 e. The fraction of sp³-hybridized carbons (Fsp3) is 0.353. The van der Waals surface area contributed by atoms with Crippen LogP contribution < -0.4 is 9.47 Å². The number of benzene rings is 3. The van der Waals surface area contributed by atoms with E-state index in [2.05, 4.69) is 0 Å². The summed E-state index contributed by atoms with van der Waals surface area (Å²) in [7, 11) is 0. The lowest BCUT2D eigenvalue weighted by atomic mass is 9.92. The summed E-state index contributed by atoms with van der Waals surface area (Å²) in [6.07, 6.45) is -8.27. The van der Waals surface area contributed by atoms with E-state index in [-0.39, 0.29) is 5.56 Å². The summed E-state index contributed by atoms with van der Waals surface area (Å²) < 4.78 is 41.1. The van der Waals surface area contributed by atoms with Gasteiger partial charge in [-0.15, -0.1) is 0 Å². The lowest BCUT2D eigenvalue weighted by molar-refractivity contribution is -0.310. The van der Waals surface area contributed by atoms with Gasteiger partial charge in [-0.3, -0.25) is 19.2 Å². The van der Waals surface area contributed by atoms with Crippen molar-refractivity contribution < 1.29 is 52.3 Å². The number of ketones is 1. The first-order valence-corrected chi connectivity index (χ1v) is 14.5. The van der Waals surface area contributed by atoms with Crippen LogP contribution in [0.1, 0.15) is 55.3 Å². The number of fused-ring (bicyclic) bond motifs is 1. The van der Waals surface area contributed by atoms with E-state index in [0.29, 0.717) is 23.7 Å². The number of hydrogen-bond donors (Lipinski definition) is 0. The van der Waals surface area contributed by atoms with E-state index in [1.807, 2.05) is 36.4 Å². The first-order valence-electron chi connectivity index (χ1n) is 14.5. The maximum absolute atomic E-state index is 14.1. The summed E-state index contributed by atoms with van der Waals surface area (Å²) in [5.41, 5.74) is 1.87. The number of rotatable bonds is 9. The molecule has 0 unspecified atom stereocenters. The molecule has 3 aromatic rings. The van der Waals surface area contributed by atoms with Crippen LogP contribution in [0, 0.1) is 0 Å². The molecule has 0 aliphatic carbocycles. The molecule has 0 spiro atoms. The molecule has 236 valence electrons. The van der Waals surface area contributed by atoms with E-state index in [1.54, 1.807) is 49.4 Å². The van der Waals surface area contributed by atoms with Crippen LogP contribution in [0.4, 0.5) is 0 Å². The summed E-state index contributed by atoms with van der Waals surface area (Å²) in [5.74, 6) is -1.69. The Morgan fingerprint density at radius 1 is 0.756 bits per heavy atom. The molecule has 2 aliphatic rings. The molecule has 1 saturated heterocycles. The number of carbonyl (C=O) groups is 4. The summed E-state index contributed by atoms with van der Waals surface area (Å²) in [6, 6.07) is 23.6. The van der Waals surface area contributed by atoms with Gasteiger partial charge < -0.3 is 33.2 Å². The molecule has 0 saturated carbocycles. The summed E-state index contributed by atoms with van der Waals surface area (Å²) in [5, 5.41) is 0.